The van der Waals surface area contributed by atoms with Crippen LogP contribution in [0.25, 0.3) is 0 Å². The predicted octanol–water partition coefficient (Wildman–Crippen LogP) is 1.15. The van der Waals surface area contributed by atoms with Crippen LogP contribution in [0.3, 0.4) is 0 Å². The molecule has 0 bridgehead atoms. The smallest absolute Gasteiger partial charge is 0.391 e. The lowest BCUT2D eigenvalue weighted by molar-refractivity contribution is -0.157. The SMILES string of the molecule is CC(C)n1cnc(S(=O)(=O)NC(CC(F)(F)F)C(=O)O)c1. The van der Waals surface area contributed by atoms with Gasteiger partial charge in [-0.15, -0.1) is 0 Å². The van der Waals surface area contributed by atoms with Crippen molar-refractivity contribution in [2.24, 2.45) is 0 Å². The number of rotatable bonds is 6. The molecule has 2 N–H and O–H groups in total. The minimum absolute atomic E-state index is 0.105. The standard InChI is InChI=1S/C10H14F3N3O4S/c1-6(2)16-4-8(14-5-16)21(19,20)15-7(9(17)18)3-10(11,12)13/h4-7,15H,3H2,1-2H3,(H,17,18). The molecule has 0 aliphatic carbocycles. The van der Waals surface area contributed by atoms with Crippen molar-refractivity contribution in [3.05, 3.63) is 12.5 Å². The number of alkyl halides is 3. The van der Waals surface area contributed by atoms with Gasteiger partial charge in [0.15, 0.2) is 5.03 Å². The Morgan fingerprint density at radius 2 is 2.05 bits per heavy atom. The molecular weight excluding hydrogens is 315 g/mol. The fraction of sp³-hybridized carbons (Fsp3) is 0.600. The van der Waals surface area contributed by atoms with Crippen molar-refractivity contribution >= 4 is 16.0 Å². The van der Waals surface area contributed by atoms with E-state index in [-0.39, 0.29) is 6.04 Å². The number of sulfonamides is 1. The van der Waals surface area contributed by atoms with Crippen molar-refractivity contribution < 1.29 is 31.5 Å². The first-order chi connectivity index (χ1) is 9.42. The van der Waals surface area contributed by atoms with Crippen molar-refractivity contribution in [2.75, 3.05) is 0 Å². The Morgan fingerprint density at radius 1 is 1.48 bits per heavy atom. The number of carboxylic acid groups (broad SMARTS) is 1. The first-order valence-electron chi connectivity index (χ1n) is 5.78. The Hall–Kier alpha value is -1.62. The van der Waals surface area contributed by atoms with Gasteiger partial charge >= 0.3 is 12.1 Å². The number of halogens is 3. The van der Waals surface area contributed by atoms with E-state index in [0.29, 0.717) is 0 Å². The van der Waals surface area contributed by atoms with Crippen molar-refractivity contribution in [1.82, 2.24) is 14.3 Å². The maximum absolute atomic E-state index is 12.2. The molecule has 1 rings (SSSR count). The summed E-state index contributed by atoms with van der Waals surface area (Å²) in [4.78, 5) is 14.3. The fourth-order valence-electron chi connectivity index (χ4n) is 1.40. The number of carbonyl (C=O) groups is 1. The van der Waals surface area contributed by atoms with Gasteiger partial charge in [0.05, 0.1) is 12.7 Å². The molecule has 11 heteroatoms. The molecule has 0 radical (unpaired) electrons. The highest BCUT2D eigenvalue weighted by molar-refractivity contribution is 7.89. The maximum Gasteiger partial charge on any atom is 0.391 e. The Morgan fingerprint density at radius 3 is 2.43 bits per heavy atom. The molecule has 0 aromatic carbocycles. The zero-order valence-electron chi connectivity index (χ0n) is 11.1. The van der Waals surface area contributed by atoms with E-state index in [1.807, 2.05) is 0 Å². The Balaban J connectivity index is 2.98. The third kappa shape index (κ3) is 5.01. The number of nitrogens with one attached hydrogen (secondary N) is 1. The maximum atomic E-state index is 12.2. The van der Waals surface area contributed by atoms with Gasteiger partial charge in [0.25, 0.3) is 10.0 Å². The summed E-state index contributed by atoms with van der Waals surface area (Å²) in [7, 11) is -4.45. The largest absolute Gasteiger partial charge is 0.480 e. The van der Waals surface area contributed by atoms with Crippen LogP contribution in [0.15, 0.2) is 17.6 Å². The Kier molecular flexibility index (Phi) is 4.99. The molecule has 1 aromatic heterocycles. The molecule has 21 heavy (non-hydrogen) atoms. The highest BCUT2D eigenvalue weighted by atomic mass is 32.2. The van der Waals surface area contributed by atoms with Crippen LogP contribution in [0.2, 0.25) is 0 Å². The summed E-state index contributed by atoms with van der Waals surface area (Å²) in [5, 5.41) is 8.15. The molecule has 1 unspecified atom stereocenters. The van der Waals surface area contributed by atoms with Gasteiger partial charge in [-0.3, -0.25) is 4.79 Å². The zero-order valence-corrected chi connectivity index (χ0v) is 11.9. The van der Waals surface area contributed by atoms with Gasteiger partial charge in [0, 0.05) is 12.2 Å². The van der Waals surface area contributed by atoms with Gasteiger partial charge in [0.1, 0.15) is 6.04 Å². The van der Waals surface area contributed by atoms with Gasteiger partial charge < -0.3 is 9.67 Å². The lowest BCUT2D eigenvalue weighted by atomic mass is 10.2. The van der Waals surface area contributed by atoms with E-state index in [0.717, 1.165) is 6.20 Å². The first-order valence-corrected chi connectivity index (χ1v) is 7.26. The van der Waals surface area contributed by atoms with E-state index in [9.17, 15) is 26.4 Å². The lowest BCUT2D eigenvalue weighted by Crippen LogP contribution is -2.43. The molecule has 1 aromatic rings. The first kappa shape index (κ1) is 17.4. The van der Waals surface area contributed by atoms with Crippen molar-refractivity contribution in [1.29, 1.82) is 0 Å². The van der Waals surface area contributed by atoms with Crippen LogP contribution in [0, 0.1) is 0 Å². The topological polar surface area (TPSA) is 101 Å². The summed E-state index contributed by atoms with van der Waals surface area (Å²) < 4.78 is 63.3. The van der Waals surface area contributed by atoms with Crippen LogP contribution in [0.5, 0.6) is 0 Å². The van der Waals surface area contributed by atoms with Gasteiger partial charge in [-0.2, -0.15) is 17.9 Å². The number of hydrogen-bond acceptors (Lipinski definition) is 4. The van der Waals surface area contributed by atoms with Crippen LogP contribution in [0.4, 0.5) is 13.2 Å². The lowest BCUT2D eigenvalue weighted by Gasteiger charge is -2.15. The van der Waals surface area contributed by atoms with Crippen LogP contribution < -0.4 is 4.72 Å². The molecule has 0 aliphatic heterocycles. The van der Waals surface area contributed by atoms with Crippen LogP contribution in [-0.2, 0) is 14.8 Å². The van der Waals surface area contributed by atoms with E-state index < -0.39 is 39.7 Å². The predicted molar refractivity (Wildman–Crippen MR) is 65.0 cm³/mol. The molecule has 120 valence electrons. The zero-order chi connectivity index (χ0) is 16.4. The average molecular weight is 329 g/mol. The average Bonchev–Trinajstić information content (AvgIpc) is 2.75. The second kappa shape index (κ2) is 6.02. The quantitative estimate of drug-likeness (QED) is 0.815. The highest BCUT2D eigenvalue weighted by Gasteiger charge is 2.38. The summed E-state index contributed by atoms with van der Waals surface area (Å²) >= 11 is 0. The van der Waals surface area contributed by atoms with Crippen LogP contribution in [-0.4, -0.2) is 41.3 Å². The molecule has 1 heterocycles. The van der Waals surface area contributed by atoms with E-state index in [4.69, 9.17) is 5.11 Å². The van der Waals surface area contributed by atoms with Gasteiger partial charge in [0.2, 0.25) is 0 Å². The third-order valence-corrected chi connectivity index (χ3v) is 3.84. The minimum Gasteiger partial charge on any atom is -0.480 e. The second-order valence-corrected chi connectivity index (χ2v) is 6.25. The molecule has 1 atom stereocenters. The normalized spacial score (nSPS) is 14.4. The number of carboxylic acids is 1. The summed E-state index contributed by atoms with van der Waals surface area (Å²) in [6.07, 6.45) is -4.33. The fourth-order valence-corrected chi connectivity index (χ4v) is 2.52. The molecule has 0 saturated heterocycles. The highest BCUT2D eigenvalue weighted by Crippen LogP contribution is 2.22. The molecule has 7 nitrogen and oxygen atoms in total. The number of aliphatic carboxylic acids is 1. The van der Waals surface area contributed by atoms with Gasteiger partial charge in [-0.05, 0) is 13.8 Å². The number of imidazole rings is 1. The van der Waals surface area contributed by atoms with Crippen LogP contribution >= 0.6 is 0 Å². The number of aromatic nitrogens is 2. The van der Waals surface area contributed by atoms with Crippen LogP contribution in [0.1, 0.15) is 26.3 Å². The molecule has 0 aliphatic rings. The third-order valence-electron chi connectivity index (χ3n) is 2.48. The summed E-state index contributed by atoms with van der Waals surface area (Å²) in [6.45, 7) is 3.49. The van der Waals surface area contributed by atoms with Crippen molar-refractivity contribution in [2.45, 2.75) is 43.6 Å². The minimum atomic E-state index is -4.82. The molecule has 0 amide bonds. The number of nitrogens with zero attached hydrogens (tertiary/aromatic N) is 2. The Bertz CT molecular complexity index is 609. The molecular formula is C10H14F3N3O4S. The summed E-state index contributed by atoms with van der Waals surface area (Å²) in [5.41, 5.74) is 0. The summed E-state index contributed by atoms with van der Waals surface area (Å²) in [6, 6.07) is -2.41. The molecule has 0 spiro atoms. The molecule has 0 fully saturated rings. The van der Waals surface area contributed by atoms with Crippen molar-refractivity contribution in [3.8, 4) is 0 Å². The van der Waals surface area contributed by atoms with E-state index in [1.165, 1.54) is 15.6 Å². The van der Waals surface area contributed by atoms with E-state index >= 15 is 0 Å². The monoisotopic (exact) mass is 329 g/mol. The van der Waals surface area contributed by atoms with Gasteiger partial charge in [-0.25, -0.2) is 13.4 Å². The van der Waals surface area contributed by atoms with Gasteiger partial charge in [-0.1, -0.05) is 0 Å². The van der Waals surface area contributed by atoms with E-state index in [1.54, 1.807) is 13.8 Å². The molecule has 0 saturated carbocycles. The Labute approximate surface area is 118 Å². The second-order valence-electron chi connectivity index (χ2n) is 4.58. The van der Waals surface area contributed by atoms with E-state index in [2.05, 4.69) is 4.98 Å². The summed E-state index contributed by atoms with van der Waals surface area (Å²) in [5.74, 6) is -1.92. The van der Waals surface area contributed by atoms with Crippen molar-refractivity contribution in [3.63, 3.8) is 0 Å². The number of hydrogen-bond donors (Lipinski definition) is 2.